The average molecular weight is 356 g/mol. The summed E-state index contributed by atoms with van der Waals surface area (Å²) >= 11 is 2.02. The first kappa shape index (κ1) is 17.9. The summed E-state index contributed by atoms with van der Waals surface area (Å²) in [6, 6.07) is 0.562. The standard InChI is InChI=1S/C17H29N3O3S/c1-2-19(10-15(21)22)14-8-13(9-14)18-16(23)20-6-3-4-17(11-20)5-7-24-12-17/h13-14H,2-12H2,1H3,(H,18,23)(H,21,22). The van der Waals surface area contributed by atoms with Crippen LogP contribution in [-0.2, 0) is 4.79 Å². The van der Waals surface area contributed by atoms with Gasteiger partial charge in [-0.1, -0.05) is 6.92 Å². The number of hydrogen-bond acceptors (Lipinski definition) is 4. The van der Waals surface area contributed by atoms with Gasteiger partial charge in [-0.15, -0.1) is 0 Å². The van der Waals surface area contributed by atoms with Gasteiger partial charge in [0.05, 0.1) is 6.54 Å². The third-order valence-electron chi connectivity index (χ3n) is 5.84. The fourth-order valence-corrected chi connectivity index (χ4v) is 5.83. The van der Waals surface area contributed by atoms with Gasteiger partial charge in [0.1, 0.15) is 0 Å². The molecule has 0 aromatic rings. The van der Waals surface area contributed by atoms with Crippen molar-refractivity contribution in [3.8, 4) is 0 Å². The normalized spacial score (nSPS) is 32.8. The minimum absolute atomic E-state index is 0.0794. The third-order valence-corrected chi connectivity index (χ3v) is 7.14. The Morgan fingerprint density at radius 3 is 2.79 bits per heavy atom. The van der Waals surface area contributed by atoms with Gasteiger partial charge in [0.2, 0.25) is 0 Å². The Morgan fingerprint density at radius 2 is 2.17 bits per heavy atom. The lowest BCUT2D eigenvalue weighted by molar-refractivity contribution is -0.139. The number of rotatable bonds is 5. The van der Waals surface area contributed by atoms with Crippen LogP contribution in [0, 0.1) is 5.41 Å². The largest absolute Gasteiger partial charge is 0.480 e. The van der Waals surface area contributed by atoms with Gasteiger partial charge in [-0.25, -0.2) is 4.79 Å². The SMILES string of the molecule is CCN(CC(=O)O)C1CC(NC(=O)N2CCCC3(CCSC3)C2)C1. The van der Waals surface area contributed by atoms with Crippen LogP contribution in [0.2, 0.25) is 0 Å². The Hall–Kier alpha value is -0.950. The summed E-state index contributed by atoms with van der Waals surface area (Å²) in [6.07, 6.45) is 5.34. The van der Waals surface area contributed by atoms with E-state index in [4.69, 9.17) is 5.11 Å². The number of amides is 2. The van der Waals surface area contributed by atoms with Crippen molar-refractivity contribution in [2.45, 2.75) is 51.1 Å². The smallest absolute Gasteiger partial charge is 0.317 e. The second kappa shape index (κ2) is 7.52. The lowest BCUT2D eigenvalue weighted by Crippen LogP contribution is -2.58. The lowest BCUT2D eigenvalue weighted by atomic mass is 9.79. The first-order chi connectivity index (χ1) is 11.5. The van der Waals surface area contributed by atoms with E-state index in [1.54, 1.807) is 0 Å². The van der Waals surface area contributed by atoms with Crippen molar-refractivity contribution < 1.29 is 14.7 Å². The number of carbonyl (C=O) groups is 2. The molecule has 2 saturated heterocycles. The molecule has 1 saturated carbocycles. The maximum absolute atomic E-state index is 12.6. The van der Waals surface area contributed by atoms with Crippen LogP contribution in [0.4, 0.5) is 4.79 Å². The van der Waals surface area contributed by atoms with Gasteiger partial charge in [0.25, 0.3) is 0 Å². The number of nitrogens with one attached hydrogen (secondary N) is 1. The second-order valence-corrected chi connectivity index (χ2v) is 8.66. The molecule has 6 nitrogen and oxygen atoms in total. The van der Waals surface area contributed by atoms with Gasteiger partial charge < -0.3 is 15.3 Å². The molecule has 3 aliphatic rings. The monoisotopic (exact) mass is 355 g/mol. The molecule has 3 fully saturated rings. The van der Waals surface area contributed by atoms with Crippen molar-refractivity contribution in [2.75, 3.05) is 37.7 Å². The Bertz CT molecular complexity index is 476. The minimum Gasteiger partial charge on any atom is -0.480 e. The molecule has 1 spiro atoms. The van der Waals surface area contributed by atoms with Crippen molar-refractivity contribution in [3.63, 3.8) is 0 Å². The number of thioether (sulfide) groups is 1. The number of nitrogens with zero attached hydrogens (tertiary/aromatic N) is 2. The van der Waals surface area contributed by atoms with E-state index in [1.807, 2.05) is 28.5 Å². The van der Waals surface area contributed by atoms with E-state index in [0.717, 1.165) is 38.9 Å². The summed E-state index contributed by atoms with van der Waals surface area (Å²) in [5.41, 5.74) is 0.364. The summed E-state index contributed by atoms with van der Waals surface area (Å²) in [6.45, 7) is 4.59. The number of likely N-dealkylation sites (tertiary alicyclic amines) is 1. The highest BCUT2D eigenvalue weighted by Crippen LogP contribution is 2.42. The molecule has 2 N–H and O–H groups in total. The number of carbonyl (C=O) groups excluding carboxylic acids is 1. The van der Waals surface area contributed by atoms with Crippen molar-refractivity contribution in [1.82, 2.24) is 15.1 Å². The molecule has 7 heteroatoms. The predicted molar refractivity (Wildman–Crippen MR) is 95.4 cm³/mol. The number of aliphatic carboxylic acids is 1. The Labute approximate surface area is 148 Å². The third kappa shape index (κ3) is 3.99. The molecule has 136 valence electrons. The molecular weight excluding hydrogens is 326 g/mol. The number of likely N-dealkylation sites (N-methyl/N-ethyl adjacent to an activating group) is 1. The summed E-state index contributed by atoms with van der Waals surface area (Å²) in [5.74, 6) is 1.65. The lowest BCUT2D eigenvalue weighted by Gasteiger charge is -2.44. The van der Waals surface area contributed by atoms with Gasteiger partial charge in [-0.2, -0.15) is 11.8 Å². The van der Waals surface area contributed by atoms with Crippen LogP contribution in [-0.4, -0.2) is 76.7 Å². The molecule has 1 aliphatic carbocycles. The highest BCUT2D eigenvalue weighted by Gasteiger charge is 2.41. The average Bonchev–Trinajstić information content (AvgIpc) is 2.95. The van der Waals surface area contributed by atoms with E-state index in [-0.39, 0.29) is 24.7 Å². The number of hydrogen-bond donors (Lipinski definition) is 2. The summed E-state index contributed by atoms with van der Waals surface area (Å²) in [7, 11) is 0. The van der Waals surface area contributed by atoms with Crippen molar-refractivity contribution in [1.29, 1.82) is 0 Å². The number of carboxylic acid groups (broad SMARTS) is 1. The molecule has 0 aromatic heterocycles. The topological polar surface area (TPSA) is 72.9 Å². The number of piperidine rings is 1. The number of carboxylic acids is 1. The fraction of sp³-hybridized carbons (Fsp3) is 0.882. The molecular formula is C17H29N3O3S. The molecule has 2 heterocycles. The van der Waals surface area contributed by atoms with Crippen molar-refractivity contribution >= 4 is 23.8 Å². The zero-order valence-corrected chi connectivity index (χ0v) is 15.3. The molecule has 2 amide bonds. The number of urea groups is 1. The second-order valence-electron chi connectivity index (χ2n) is 7.56. The predicted octanol–water partition coefficient (Wildman–Crippen LogP) is 1.85. The highest BCUT2D eigenvalue weighted by atomic mass is 32.2. The Balaban J connectivity index is 1.44. The Morgan fingerprint density at radius 1 is 1.38 bits per heavy atom. The van der Waals surface area contributed by atoms with Gasteiger partial charge in [0.15, 0.2) is 0 Å². The van der Waals surface area contributed by atoms with Crippen molar-refractivity contribution in [2.24, 2.45) is 5.41 Å². The maximum Gasteiger partial charge on any atom is 0.317 e. The van der Waals surface area contributed by atoms with Crippen LogP contribution in [0.1, 0.15) is 39.0 Å². The van der Waals surface area contributed by atoms with E-state index in [0.29, 0.717) is 5.41 Å². The van der Waals surface area contributed by atoms with Crippen LogP contribution < -0.4 is 5.32 Å². The highest BCUT2D eigenvalue weighted by molar-refractivity contribution is 7.99. The molecule has 0 radical (unpaired) electrons. The van der Waals surface area contributed by atoms with Crippen LogP contribution in [0.25, 0.3) is 0 Å². The zero-order chi connectivity index (χ0) is 17.2. The van der Waals surface area contributed by atoms with Gasteiger partial charge in [-0.3, -0.25) is 9.69 Å². The summed E-state index contributed by atoms with van der Waals surface area (Å²) < 4.78 is 0. The van der Waals surface area contributed by atoms with Crippen LogP contribution in [0.15, 0.2) is 0 Å². The summed E-state index contributed by atoms with van der Waals surface area (Å²) in [5, 5.41) is 12.1. The first-order valence-corrected chi connectivity index (χ1v) is 10.3. The van der Waals surface area contributed by atoms with E-state index >= 15 is 0 Å². The fourth-order valence-electron chi connectivity index (χ4n) is 4.30. The minimum atomic E-state index is -0.780. The summed E-state index contributed by atoms with van der Waals surface area (Å²) in [4.78, 5) is 27.4. The van der Waals surface area contributed by atoms with E-state index < -0.39 is 5.97 Å². The zero-order valence-electron chi connectivity index (χ0n) is 14.5. The van der Waals surface area contributed by atoms with Crippen LogP contribution in [0.3, 0.4) is 0 Å². The molecule has 0 aromatic carbocycles. The van der Waals surface area contributed by atoms with Crippen LogP contribution in [0.5, 0.6) is 0 Å². The van der Waals surface area contributed by atoms with Gasteiger partial charge >= 0.3 is 12.0 Å². The molecule has 3 rings (SSSR count). The van der Waals surface area contributed by atoms with E-state index in [1.165, 1.54) is 24.3 Å². The van der Waals surface area contributed by atoms with Crippen LogP contribution >= 0.6 is 11.8 Å². The van der Waals surface area contributed by atoms with E-state index in [2.05, 4.69) is 5.32 Å². The quantitative estimate of drug-likeness (QED) is 0.787. The molecule has 1 unspecified atom stereocenters. The maximum atomic E-state index is 12.6. The van der Waals surface area contributed by atoms with Gasteiger partial charge in [-0.05, 0) is 49.8 Å². The molecule has 0 bridgehead atoms. The van der Waals surface area contributed by atoms with Crippen molar-refractivity contribution in [3.05, 3.63) is 0 Å². The Kier molecular flexibility index (Phi) is 5.59. The molecule has 1 atom stereocenters. The van der Waals surface area contributed by atoms with E-state index in [9.17, 15) is 9.59 Å². The molecule has 2 aliphatic heterocycles. The molecule has 24 heavy (non-hydrogen) atoms. The first-order valence-electron chi connectivity index (χ1n) is 9.10. The van der Waals surface area contributed by atoms with Gasteiger partial charge in [0, 0.05) is 30.9 Å².